The summed E-state index contributed by atoms with van der Waals surface area (Å²) < 4.78 is 0.952. The molecule has 2 N–H and O–H groups in total. The van der Waals surface area contributed by atoms with Gasteiger partial charge in [-0.25, -0.2) is 0 Å². The van der Waals surface area contributed by atoms with Gasteiger partial charge in [-0.05, 0) is 17.7 Å². The maximum Gasteiger partial charge on any atom is 0.240 e. The maximum atomic E-state index is 11.3. The van der Waals surface area contributed by atoms with E-state index >= 15 is 0 Å². The van der Waals surface area contributed by atoms with E-state index in [1.165, 1.54) is 4.90 Å². The smallest absolute Gasteiger partial charge is 0.240 e. The SMILES string of the molecule is NC(=O)[C@H]1CC(=O)N1Cc1cccc(Br)c1. The summed E-state index contributed by atoms with van der Waals surface area (Å²) in [6.07, 6.45) is 0.239. The molecular weight excluding hydrogens is 272 g/mol. The van der Waals surface area contributed by atoms with Gasteiger partial charge in [-0.2, -0.15) is 0 Å². The first-order chi connectivity index (χ1) is 7.58. The van der Waals surface area contributed by atoms with E-state index in [0.29, 0.717) is 6.54 Å². The van der Waals surface area contributed by atoms with Gasteiger partial charge in [0.05, 0.1) is 6.42 Å². The molecule has 16 heavy (non-hydrogen) atoms. The molecule has 1 fully saturated rings. The lowest BCUT2D eigenvalue weighted by molar-refractivity contribution is -0.153. The Morgan fingerprint density at radius 1 is 1.56 bits per heavy atom. The monoisotopic (exact) mass is 282 g/mol. The van der Waals surface area contributed by atoms with Crippen LogP contribution in [0.5, 0.6) is 0 Å². The van der Waals surface area contributed by atoms with Crippen LogP contribution in [-0.4, -0.2) is 22.8 Å². The van der Waals surface area contributed by atoms with E-state index in [1.807, 2.05) is 24.3 Å². The van der Waals surface area contributed by atoms with Gasteiger partial charge >= 0.3 is 0 Å². The highest BCUT2D eigenvalue weighted by Crippen LogP contribution is 2.23. The van der Waals surface area contributed by atoms with Crippen molar-refractivity contribution in [3.8, 4) is 0 Å². The van der Waals surface area contributed by atoms with E-state index in [4.69, 9.17) is 5.73 Å². The summed E-state index contributed by atoms with van der Waals surface area (Å²) in [4.78, 5) is 23.9. The molecule has 0 spiro atoms. The topological polar surface area (TPSA) is 63.4 Å². The van der Waals surface area contributed by atoms with Crippen LogP contribution in [0.4, 0.5) is 0 Å². The van der Waals surface area contributed by atoms with Crippen molar-refractivity contribution in [3.05, 3.63) is 34.3 Å². The Morgan fingerprint density at radius 2 is 2.31 bits per heavy atom. The zero-order chi connectivity index (χ0) is 11.7. The lowest BCUT2D eigenvalue weighted by atomic mass is 10.00. The van der Waals surface area contributed by atoms with Crippen molar-refractivity contribution in [1.82, 2.24) is 4.90 Å². The predicted octanol–water partition coefficient (Wildman–Crippen LogP) is 1.04. The standard InChI is InChI=1S/C11H11BrN2O2/c12-8-3-1-2-7(4-8)6-14-9(11(13)16)5-10(14)15/h1-4,9H,5-6H2,(H2,13,16)/t9-/m1/s1. The molecular formula is C11H11BrN2O2. The molecule has 0 radical (unpaired) electrons. The van der Waals surface area contributed by atoms with Gasteiger partial charge in [0.15, 0.2) is 0 Å². The minimum absolute atomic E-state index is 0.0243. The fraction of sp³-hybridized carbons (Fsp3) is 0.273. The van der Waals surface area contributed by atoms with Gasteiger partial charge in [0.25, 0.3) is 0 Å². The van der Waals surface area contributed by atoms with E-state index in [9.17, 15) is 9.59 Å². The zero-order valence-electron chi connectivity index (χ0n) is 8.52. The maximum absolute atomic E-state index is 11.3. The van der Waals surface area contributed by atoms with Gasteiger partial charge in [-0.1, -0.05) is 28.1 Å². The second-order valence-electron chi connectivity index (χ2n) is 3.77. The predicted molar refractivity (Wildman–Crippen MR) is 62.3 cm³/mol. The second kappa shape index (κ2) is 4.25. The van der Waals surface area contributed by atoms with Gasteiger partial charge in [0.1, 0.15) is 6.04 Å². The van der Waals surface area contributed by atoms with Crippen molar-refractivity contribution < 1.29 is 9.59 Å². The zero-order valence-corrected chi connectivity index (χ0v) is 10.1. The molecule has 5 heteroatoms. The molecule has 1 saturated heterocycles. The molecule has 1 heterocycles. The Balaban J connectivity index is 2.09. The van der Waals surface area contributed by atoms with Crippen LogP contribution in [0.25, 0.3) is 0 Å². The quantitative estimate of drug-likeness (QED) is 0.842. The van der Waals surface area contributed by atoms with Crippen LogP contribution in [0, 0.1) is 0 Å². The summed E-state index contributed by atoms with van der Waals surface area (Å²) in [6, 6.07) is 7.19. The molecule has 0 saturated carbocycles. The van der Waals surface area contributed by atoms with Crippen molar-refractivity contribution in [2.24, 2.45) is 5.73 Å². The van der Waals surface area contributed by atoms with E-state index in [2.05, 4.69) is 15.9 Å². The summed E-state index contributed by atoms with van der Waals surface area (Å²) in [5.74, 6) is -0.460. The summed E-state index contributed by atoms with van der Waals surface area (Å²) in [7, 11) is 0. The van der Waals surface area contributed by atoms with Gasteiger partial charge in [0, 0.05) is 11.0 Å². The normalized spacial score (nSPS) is 19.4. The lowest BCUT2D eigenvalue weighted by Crippen LogP contribution is -2.57. The summed E-state index contributed by atoms with van der Waals surface area (Å²) in [6.45, 7) is 0.436. The van der Waals surface area contributed by atoms with E-state index in [1.54, 1.807) is 0 Å². The number of nitrogens with zero attached hydrogens (tertiary/aromatic N) is 1. The minimum atomic E-state index is -0.438. The Labute approximate surface area is 102 Å². The Hall–Kier alpha value is -1.36. The minimum Gasteiger partial charge on any atom is -0.368 e. The molecule has 2 rings (SSSR count). The number of likely N-dealkylation sites (tertiary alicyclic amines) is 1. The number of halogens is 1. The van der Waals surface area contributed by atoms with Crippen LogP contribution in [0.3, 0.4) is 0 Å². The largest absolute Gasteiger partial charge is 0.368 e. The molecule has 4 nitrogen and oxygen atoms in total. The summed E-state index contributed by atoms with van der Waals surface area (Å²) in [5, 5.41) is 0. The van der Waals surface area contributed by atoms with E-state index in [0.717, 1.165) is 10.0 Å². The van der Waals surface area contributed by atoms with E-state index < -0.39 is 11.9 Å². The number of amides is 2. The molecule has 0 unspecified atom stereocenters. The third-order valence-corrected chi connectivity index (χ3v) is 3.13. The molecule has 0 aliphatic carbocycles. The third-order valence-electron chi connectivity index (χ3n) is 2.63. The Morgan fingerprint density at radius 3 is 2.88 bits per heavy atom. The molecule has 1 aliphatic heterocycles. The van der Waals surface area contributed by atoms with Crippen molar-refractivity contribution in [2.75, 3.05) is 0 Å². The third kappa shape index (κ3) is 2.09. The highest BCUT2D eigenvalue weighted by molar-refractivity contribution is 9.10. The van der Waals surface area contributed by atoms with Crippen LogP contribution in [0.2, 0.25) is 0 Å². The first-order valence-corrected chi connectivity index (χ1v) is 5.70. The first kappa shape index (κ1) is 11.1. The van der Waals surface area contributed by atoms with Gasteiger partial charge < -0.3 is 10.6 Å². The van der Waals surface area contributed by atoms with Crippen LogP contribution >= 0.6 is 15.9 Å². The van der Waals surface area contributed by atoms with Crippen molar-refractivity contribution in [2.45, 2.75) is 19.0 Å². The van der Waals surface area contributed by atoms with Gasteiger partial charge in [-0.3, -0.25) is 9.59 Å². The second-order valence-corrected chi connectivity index (χ2v) is 4.69. The van der Waals surface area contributed by atoms with Crippen LogP contribution in [-0.2, 0) is 16.1 Å². The Kier molecular flexibility index (Phi) is 2.96. The van der Waals surface area contributed by atoms with Crippen LogP contribution in [0.1, 0.15) is 12.0 Å². The molecule has 0 aromatic heterocycles. The fourth-order valence-electron chi connectivity index (χ4n) is 1.74. The van der Waals surface area contributed by atoms with Crippen molar-refractivity contribution in [1.29, 1.82) is 0 Å². The number of β-lactam (4-membered cyclic amide) rings is 1. The number of benzene rings is 1. The average molecular weight is 283 g/mol. The molecule has 2 amide bonds. The highest BCUT2D eigenvalue weighted by atomic mass is 79.9. The highest BCUT2D eigenvalue weighted by Gasteiger charge is 2.39. The summed E-state index contributed by atoms with van der Waals surface area (Å²) in [5.41, 5.74) is 6.17. The molecule has 0 bridgehead atoms. The van der Waals surface area contributed by atoms with Gasteiger partial charge in [-0.15, -0.1) is 0 Å². The van der Waals surface area contributed by atoms with Crippen molar-refractivity contribution >= 4 is 27.7 Å². The summed E-state index contributed by atoms with van der Waals surface area (Å²) >= 11 is 3.36. The first-order valence-electron chi connectivity index (χ1n) is 4.91. The van der Waals surface area contributed by atoms with Crippen molar-refractivity contribution in [3.63, 3.8) is 0 Å². The van der Waals surface area contributed by atoms with Crippen LogP contribution in [0.15, 0.2) is 28.7 Å². The van der Waals surface area contributed by atoms with E-state index in [-0.39, 0.29) is 12.3 Å². The number of carbonyl (C=O) groups excluding carboxylic acids is 2. The average Bonchev–Trinajstić information content (AvgIpc) is 2.22. The molecule has 1 atom stereocenters. The molecule has 84 valence electrons. The van der Waals surface area contributed by atoms with Crippen LogP contribution < -0.4 is 5.73 Å². The number of hydrogen-bond acceptors (Lipinski definition) is 2. The Bertz CT molecular complexity index is 447. The molecule has 1 aliphatic rings. The van der Waals surface area contributed by atoms with Gasteiger partial charge in [0.2, 0.25) is 11.8 Å². The lowest BCUT2D eigenvalue weighted by Gasteiger charge is -2.38. The number of hydrogen-bond donors (Lipinski definition) is 1. The number of primary amides is 1. The number of rotatable bonds is 3. The number of carbonyl (C=O) groups is 2. The number of nitrogens with two attached hydrogens (primary N) is 1. The molecule has 1 aromatic carbocycles. The molecule has 1 aromatic rings. The fourth-order valence-corrected chi connectivity index (χ4v) is 2.19.